The Balaban J connectivity index is 2.85. The number of hydrogen-bond acceptors (Lipinski definition) is 4. The maximum atomic E-state index is 11.3. The normalized spacial score (nSPS) is 10.5. The molecule has 0 aliphatic heterocycles. The quantitative estimate of drug-likeness (QED) is 0.676. The Morgan fingerprint density at radius 3 is 3.08 bits per heavy atom. The Labute approximate surface area is 77.2 Å². The number of aromatic amines is 1. The van der Waals surface area contributed by atoms with Gasteiger partial charge in [-0.25, -0.2) is 4.98 Å². The number of fused-ring (bicyclic) bond motifs is 1. The fourth-order valence-corrected chi connectivity index (χ4v) is 1.75. The summed E-state index contributed by atoms with van der Waals surface area (Å²) in [6, 6.07) is 0. The van der Waals surface area contributed by atoms with Crippen LogP contribution in [0, 0.1) is 0 Å². The molecule has 0 aromatic carbocycles. The molecule has 5 heteroatoms. The summed E-state index contributed by atoms with van der Waals surface area (Å²) in [5.41, 5.74) is 0.329. The molecular formula is C8H6N2O2S. The van der Waals surface area contributed by atoms with Crippen LogP contribution in [0.15, 0.2) is 22.1 Å². The van der Waals surface area contributed by atoms with E-state index in [4.69, 9.17) is 5.11 Å². The topological polar surface area (TPSA) is 66.0 Å². The van der Waals surface area contributed by atoms with Crippen LogP contribution in [0.3, 0.4) is 0 Å². The van der Waals surface area contributed by atoms with Crippen molar-refractivity contribution >= 4 is 28.0 Å². The number of H-pyrrole nitrogens is 1. The fraction of sp³-hybridized carbons (Fsp3) is 0. The van der Waals surface area contributed by atoms with Crippen LogP contribution in [-0.2, 0) is 0 Å². The highest BCUT2D eigenvalue weighted by Crippen LogP contribution is 2.13. The average molecular weight is 194 g/mol. The summed E-state index contributed by atoms with van der Waals surface area (Å²) in [5, 5.41) is 13.0. The van der Waals surface area contributed by atoms with Gasteiger partial charge in [-0.05, 0) is 0 Å². The second-order valence-electron chi connectivity index (χ2n) is 2.53. The molecule has 0 spiro atoms. The molecule has 2 aromatic heterocycles. The molecule has 0 saturated carbocycles. The van der Waals surface area contributed by atoms with Gasteiger partial charge in [-0.2, -0.15) is 0 Å². The van der Waals surface area contributed by atoms with Crippen LogP contribution in [-0.4, -0.2) is 15.1 Å². The fourth-order valence-electron chi connectivity index (χ4n) is 1.01. The standard InChI is InChI=1S/C8H6N2O2S/c1-4(11)7-9-6-3-13-2-5(6)8(12)10-7/h2-3,11H,1H2,(H,9,10,12). The number of nitrogens with one attached hydrogen (secondary N) is 1. The second kappa shape index (κ2) is 2.70. The van der Waals surface area contributed by atoms with Gasteiger partial charge in [-0.1, -0.05) is 6.58 Å². The van der Waals surface area contributed by atoms with Crippen LogP contribution in [0.2, 0.25) is 0 Å². The molecule has 0 bridgehead atoms. The minimum atomic E-state index is -0.253. The summed E-state index contributed by atoms with van der Waals surface area (Å²) in [5.74, 6) is -0.110. The molecule has 2 N–H and O–H groups in total. The van der Waals surface area contributed by atoms with Crippen molar-refractivity contribution < 1.29 is 5.11 Å². The average Bonchev–Trinajstić information content (AvgIpc) is 2.51. The number of rotatable bonds is 1. The van der Waals surface area contributed by atoms with Crippen molar-refractivity contribution in [2.75, 3.05) is 0 Å². The van der Waals surface area contributed by atoms with Crippen LogP contribution in [0.1, 0.15) is 5.82 Å². The minimum absolute atomic E-state index is 0.121. The lowest BCUT2D eigenvalue weighted by Crippen LogP contribution is -2.09. The third-order valence-electron chi connectivity index (χ3n) is 1.62. The molecule has 0 saturated heterocycles. The van der Waals surface area contributed by atoms with Crippen LogP contribution >= 0.6 is 11.3 Å². The Kier molecular flexibility index (Phi) is 1.66. The van der Waals surface area contributed by atoms with Gasteiger partial charge in [0.15, 0.2) is 11.6 Å². The van der Waals surface area contributed by atoms with E-state index in [1.807, 2.05) is 0 Å². The van der Waals surface area contributed by atoms with E-state index in [1.54, 1.807) is 10.8 Å². The van der Waals surface area contributed by atoms with Gasteiger partial charge in [0.05, 0.1) is 10.9 Å². The van der Waals surface area contributed by atoms with E-state index in [2.05, 4.69) is 16.5 Å². The SMILES string of the molecule is C=C(O)c1nc2cscc2c(=O)[nH]1. The van der Waals surface area contributed by atoms with Gasteiger partial charge < -0.3 is 10.1 Å². The van der Waals surface area contributed by atoms with Crippen molar-refractivity contribution in [1.82, 2.24) is 9.97 Å². The molecule has 0 radical (unpaired) electrons. The molecular weight excluding hydrogens is 188 g/mol. The summed E-state index contributed by atoms with van der Waals surface area (Å²) in [6.07, 6.45) is 0. The smallest absolute Gasteiger partial charge is 0.259 e. The first-order valence-corrected chi connectivity index (χ1v) is 4.47. The van der Waals surface area contributed by atoms with Crippen molar-refractivity contribution in [2.24, 2.45) is 0 Å². The molecule has 0 unspecified atom stereocenters. The lowest BCUT2D eigenvalue weighted by molar-refractivity contribution is 0.507. The molecule has 66 valence electrons. The molecule has 2 rings (SSSR count). The van der Waals surface area contributed by atoms with Crippen LogP contribution in [0.5, 0.6) is 0 Å². The highest BCUT2D eigenvalue weighted by Gasteiger charge is 2.05. The molecule has 2 heterocycles. The highest BCUT2D eigenvalue weighted by molar-refractivity contribution is 7.09. The molecule has 0 fully saturated rings. The third kappa shape index (κ3) is 1.23. The first-order chi connectivity index (χ1) is 6.18. The van der Waals surface area contributed by atoms with Gasteiger partial charge in [-0.15, -0.1) is 11.3 Å². The molecule has 13 heavy (non-hydrogen) atoms. The van der Waals surface area contributed by atoms with Gasteiger partial charge in [-0.3, -0.25) is 4.79 Å². The van der Waals surface area contributed by atoms with Gasteiger partial charge in [0, 0.05) is 10.8 Å². The van der Waals surface area contributed by atoms with E-state index in [9.17, 15) is 4.79 Å². The zero-order chi connectivity index (χ0) is 9.42. The Morgan fingerprint density at radius 1 is 1.62 bits per heavy atom. The number of aliphatic hydroxyl groups is 1. The van der Waals surface area contributed by atoms with Crippen molar-refractivity contribution in [3.05, 3.63) is 33.5 Å². The maximum Gasteiger partial charge on any atom is 0.259 e. The molecule has 0 aliphatic carbocycles. The maximum absolute atomic E-state index is 11.3. The summed E-state index contributed by atoms with van der Waals surface area (Å²) in [7, 11) is 0. The number of thiophene rings is 1. The van der Waals surface area contributed by atoms with Crippen LogP contribution in [0.25, 0.3) is 16.7 Å². The van der Waals surface area contributed by atoms with E-state index in [1.165, 1.54) is 11.3 Å². The monoisotopic (exact) mass is 194 g/mol. The number of aromatic nitrogens is 2. The first kappa shape index (κ1) is 8.00. The van der Waals surface area contributed by atoms with E-state index in [0.29, 0.717) is 10.9 Å². The van der Waals surface area contributed by atoms with E-state index < -0.39 is 0 Å². The van der Waals surface area contributed by atoms with E-state index >= 15 is 0 Å². The summed E-state index contributed by atoms with van der Waals surface area (Å²) in [4.78, 5) is 17.8. The molecule has 2 aromatic rings. The van der Waals surface area contributed by atoms with E-state index in [0.717, 1.165) is 0 Å². The summed E-state index contributed by atoms with van der Waals surface area (Å²) in [6.45, 7) is 3.28. The van der Waals surface area contributed by atoms with Gasteiger partial charge >= 0.3 is 0 Å². The van der Waals surface area contributed by atoms with E-state index in [-0.39, 0.29) is 17.1 Å². The number of hydrogen-bond donors (Lipinski definition) is 2. The lowest BCUT2D eigenvalue weighted by Gasteiger charge is -1.96. The van der Waals surface area contributed by atoms with Gasteiger partial charge in [0.1, 0.15) is 0 Å². The second-order valence-corrected chi connectivity index (χ2v) is 3.28. The summed E-state index contributed by atoms with van der Waals surface area (Å²) < 4.78 is 0. The van der Waals surface area contributed by atoms with Gasteiger partial charge in [0.25, 0.3) is 5.56 Å². The van der Waals surface area contributed by atoms with Crippen molar-refractivity contribution in [3.8, 4) is 0 Å². The highest BCUT2D eigenvalue weighted by atomic mass is 32.1. The zero-order valence-corrected chi connectivity index (χ0v) is 7.39. The molecule has 4 nitrogen and oxygen atoms in total. The van der Waals surface area contributed by atoms with Crippen LogP contribution < -0.4 is 5.56 Å². The lowest BCUT2D eigenvalue weighted by atomic mass is 10.4. The summed E-state index contributed by atoms with van der Waals surface area (Å²) >= 11 is 1.39. The van der Waals surface area contributed by atoms with Crippen molar-refractivity contribution in [1.29, 1.82) is 0 Å². The van der Waals surface area contributed by atoms with Crippen molar-refractivity contribution in [2.45, 2.75) is 0 Å². The number of nitrogens with zero attached hydrogens (tertiary/aromatic N) is 1. The Morgan fingerprint density at radius 2 is 2.38 bits per heavy atom. The third-order valence-corrected chi connectivity index (χ3v) is 2.35. The molecule has 0 amide bonds. The predicted molar refractivity (Wildman–Crippen MR) is 51.9 cm³/mol. The first-order valence-electron chi connectivity index (χ1n) is 3.53. The Bertz CT molecular complexity index is 526. The number of aliphatic hydroxyl groups excluding tert-OH is 1. The Hall–Kier alpha value is -1.62. The zero-order valence-electron chi connectivity index (χ0n) is 6.57. The van der Waals surface area contributed by atoms with Crippen molar-refractivity contribution in [3.63, 3.8) is 0 Å². The molecule has 0 aliphatic rings. The minimum Gasteiger partial charge on any atom is -0.505 e. The van der Waals surface area contributed by atoms with Crippen LogP contribution in [0.4, 0.5) is 0 Å². The van der Waals surface area contributed by atoms with Gasteiger partial charge in [0.2, 0.25) is 0 Å². The predicted octanol–water partition coefficient (Wildman–Crippen LogP) is 1.51. The molecule has 0 atom stereocenters. The largest absolute Gasteiger partial charge is 0.505 e.